The number of nitrogens with zero attached hydrogens (tertiary/aromatic N) is 2. The molecule has 0 spiro atoms. The van der Waals surface area contributed by atoms with E-state index in [4.69, 9.17) is 4.74 Å². The van der Waals surface area contributed by atoms with E-state index >= 15 is 0 Å². The van der Waals surface area contributed by atoms with Gasteiger partial charge in [0.1, 0.15) is 12.3 Å². The first-order valence-corrected chi connectivity index (χ1v) is 11.8. The first-order chi connectivity index (χ1) is 14.7. The van der Waals surface area contributed by atoms with Gasteiger partial charge in [-0.1, -0.05) is 26.0 Å². The van der Waals surface area contributed by atoms with E-state index in [-0.39, 0.29) is 23.4 Å². The van der Waals surface area contributed by atoms with Gasteiger partial charge in [0.2, 0.25) is 15.9 Å². The van der Waals surface area contributed by atoms with Gasteiger partial charge in [0.25, 0.3) is 5.56 Å². The number of methoxy groups -OCH3 is 1. The van der Waals surface area contributed by atoms with Crippen LogP contribution in [0.25, 0.3) is 0 Å². The molecule has 1 atom stereocenters. The molecule has 0 saturated heterocycles. The zero-order valence-electron chi connectivity index (χ0n) is 18.5. The highest BCUT2D eigenvalue weighted by molar-refractivity contribution is 7.89. The van der Waals surface area contributed by atoms with Crippen LogP contribution < -0.4 is 15.6 Å². The molecule has 1 aromatic carbocycles. The molecule has 8 nitrogen and oxygen atoms in total. The van der Waals surface area contributed by atoms with E-state index in [1.165, 1.54) is 22.6 Å². The van der Waals surface area contributed by atoms with Gasteiger partial charge in [-0.15, -0.1) is 0 Å². The fourth-order valence-electron chi connectivity index (χ4n) is 3.22. The SMILES string of the molecule is CCN(CC)S(=O)(=O)c1ccc(=O)n(CC(=O)NC(C)CCc2ccc(OC)cc2)c1. The number of sulfonamides is 1. The summed E-state index contributed by atoms with van der Waals surface area (Å²) >= 11 is 0. The van der Waals surface area contributed by atoms with Crippen LogP contribution in [0.15, 0.2) is 52.3 Å². The first-order valence-electron chi connectivity index (χ1n) is 10.3. The molecule has 0 radical (unpaired) electrons. The number of amides is 1. The summed E-state index contributed by atoms with van der Waals surface area (Å²) in [5, 5.41) is 2.87. The molecular weight excluding hydrogens is 418 g/mol. The lowest BCUT2D eigenvalue weighted by atomic mass is 10.1. The Morgan fingerprint density at radius 3 is 2.35 bits per heavy atom. The van der Waals surface area contributed by atoms with E-state index in [0.717, 1.165) is 28.7 Å². The van der Waals surface area contributed by atoms with Crippen LogP contribution in [-0.2, 0) is 27.8 Å². The number of pyridine rings is 1. The van der Waals surface area contributed by atoms with Gasteiger partial charge in [-0.05, 0) is 43.5 Å². The van der Waals surface area contributed by atoms with Crippen LogP contribution in [-0.4, -0.2) is 49.4 Å². The number of benzene rings is 1. The fraction of sp³-hybridized carbons (Fsp3) is 0.455. The summed E-state index contributed by atoms with van der Waals surface area (Å²) in [7, 11) is -2.09. The van der Waals surface area contributed by atoms with E-state index in [2.05, 4.69) is 5.32 Å². The Morgan fingerprint density at radius 2 is 1.77 bits per heavy atom. The largest absolute Gasteiger partial charge is 0.497 e. The summed E-state index contributed by atoms with van der Waals surface area (Å²) in [6.07, 6.45) is 2.74. The first kappa shape index (κ1) is 24.6. The topological polar surface area (TPSA) is 97.7 Å². The predicted octanol–water partition coefficient (Wildman–Crippen LogP) is 2.02. The van der Waals surface area contributed by atoms with Crippen molar-refractivity contribution in [2.24, 2.45) is 0 Å². The lowest BCUT2D eigenvalue weighted by molar-refractivity contribution is -0.122. The lowest BCUT2D eigenvalue weighted by Gasteiger charge is -2.19. The molecule has 9 heteroatoms. The minimum atomic E-state index is -3.71. The van der Waals surface area contributed by atoms with Crippen LogP contribution in [0, 0.1) is 0 Å². The maximum atomic E-state index is 12.7. The number of aryl methyl sites for hydroxylation is 1. The zero-order chi connectivity index (χ0) is 23.0. The molecule has 0 fully saturated rings. The van der Waals surface area contributed by atoms with Crippen LogP contribution in [0.4, 0.5) is 0 Å². The zero-order valence-corrected chi connectivity index (χ0v) is 19.3. The molecule has 0 aliphatic heterocycles. The van der Waals surface area contributed by atoms with Crippen LogP contribution in [0.3, 0.4) is 0 Å². The third-order valence-electron chi connectivity index (χ3n) is 5.05. The molecule has 2 rings (SSSR count). The van der Waals surface area contributed by atoms with Crippen molar-refractivity contribution in [3.05, 3.63) is 58.5 Å². The Balaban J connectivity index is 2.00. The lowest BCUT2D eigenvalue weighted by Crippen LogP contribution is -2.38. The Morgan fingerprint density at radius 1 is 1.13 bits per heavy atom. The molecule has 0 saturated carbocycles. The molecule has 0 bridgehead atoms. The van der Waals surface area contributed by atoms with E-state index in [1.54, 1.807) is 21.0 Å². The van der Waals surface area contributed by atoms with Gasteiger partial charge in [0, 0.05) is 31.4 Å². The standard InChI is InChI=1S/C22H31N3O5S/c1-5-25(6-2)31(28,29)20-13-14-22(27)24(15-20)16-21(26)23-17(3)7-8-18-9-11-19(30-4)12-10-18/h9-15,17H,5-8,16H2,1-4H3,(H,23,26). The number of ether oxygens (including phenoxy) is 1. The average Bonchev–Trinajstić information content (AvgIpc) is 2.74. The predicted molar refractivity (Wildman–Crippen MR) is 120 cm³/mol. The monoisotopic (exact) mass is 449 g/mol. The molecule has 2 aromatic rings. The summed E-state index contributed by atoms with van der Waals surface area (Å²) in [5.41, 5.74) is 0.701. The van der Waals surface area contributed by atoms with Crippen molar-refractivity contribution in [1.29, 1.82) is 0 Å². The molecule has 1 amide bonds. The maximum Gasteiger partial charge on any atom is 0.251 e. The Bertz CT molecular complexity index is 1030. The highest BCUT2D eigenvalue weighted by Gasteiger charge is 2.22. The Hall–Kier alpha value is -2.65. The third kappa shape index (κ3) is 6.67. The minimum absolute atomic E-state index is 0.00356. The van der Waals surface area contributed by atoms with E-state index in [0.29, 0.717) is 13.1 Å². The Kier molecular flexibility index (Phi) is 8.82. The summed E-state index contributed by atoms with van der Waals surface area (Å²) in [4.78, 5) is 24.6. The van der Waals surface area contributed by atoms with Gasteiger partial charge in [-0.2, -0.15) is 4.31 Å². The molecular formula is C22H31N3O5S. The fourth-order valence-corrected chi connectivity index (χ4v) is 4.70. The maximum absolute atomic E-state index is 12.7. The van der Waals surface area contributed by atoms with Gasteiger partial charge >= 0.3 is 0 Å². The van der Waals surface area contributed by atoms with Crippen molar-refractivity contribution < 1.29 is 17.9 Å². The van der Waals surface area contributed by atoms with Gasteiger partial charge in [0.05, 0.1) is 12.0 Å². The van der Waals surface area contributed by atoms with Gasteiger partial charge in [-0.25, -0.2) is 8.42 Å². The number of nitrogens with one attached hydrogen (secondary N) is 1. The van der Waals surface area contributed by atoms with Crippen molar-refractivity contribution in [2.45, 2.75) is 51.1 Å². The van der Waals surface area contributed by atoms with Crippen LogP contribution in [0.5, 0.6) is 5.75 Å². The van der Waals surface area contributed by atoms with Gasteiger partial charge in [-0.3, -0.25) is 9.59 Å². The highest BCUT2D eigenvalue weighted by Crippen LogP contribution is 2.14. The minimum Gasteiger partial charge on any atom is -0.497 e. The molecule has 31 heavy (non-hydrogen) atoms. The molecule has 1 unspecified atom stereocenters. The van der Waals surface area contributed by atoms with E-state index in [9.17, 15) is 18.0 Å². The number of rotatable bonds is 11. The van der Waals surface area contributed by atoms with Crippen molar-refractivity contribution in [2.75, 3.05) is 20.2 Å². The third-order valence-corrected chi connectivity index (χ3v) is 7.08. The summed E-state index contributed by atoms with van der Waals surface area (Å²) < 4.78 is 32.9. The van der Waals surface area contributed by atoms with E-state index in [1.807, 2.05) is 31.2 Å². The summed E-state index contributed by atoms with van der Waals surface area (Å²) in [5.74, 6) is 0.447. The molecule has 1 aromatic heterocycles. The van der Waals surface area contributed by atoms with Crippen molar-refractivity contribution >= 4 is 15.9 Å². The average molecular weight is 450 g/mol. The number of carbonyl (C=O) groups is 1. The number of hydrogen-bond acceptors (Lipinski definition) is 5. The highest BCUT2D eigenvalue weighted by atomic mass is 32.2. The molecule has 0 aliphatic rings. The summed E-state index contributed by atoms with van der Waals surface area (Å²) in [6, 6.07) is 10.1. The number of hydrogen-bond donors (Lipinski definition) is 1. The Labute approximate surface area is 183 Å². The van der Waals surface area contributed by atoms with Gasteiger partial charge < -0.3 is 14.6 Å². The normalized spacial score (nSPS) is 12.5. The van der Waals surface area contributed by atoms with E-state index < -0.39 is 15.6 Å². The molecule has 170 valence electrons. The van der Waals surface area contributed by atoms with Crippen LogP contribution >= 0.6 is 0 Å². The van der Waals surface area contributed by atoms with Crippen LogP contribution in [0.2, 0.25) is 0 Å². The van der Waals surface area contributed by atoms with Crippen molar-refractivity contribution in [3.8, 4) is 5.75 Å². The summed E-state index contributed by atoms with van der Waals surface area (Å²) in [6.45, 7) is 5.79. The molecule has 1 N–H and O–H groups in total. The van der Waals surface area contributed by atoms with Gasteiger partial charge in [0.15, 0.2) is 0 Å². The smallest absolute Gasteiger partial charge is 0.251 e. The molecule has 1 heterocycles. The van der Waals surface area contributed by atoms with Crippen molar-refractivity contribution in [1.82, 2.24) is 14.2 Å². The number of carbonyl (C=O) groups excluding carboxylic acids is 1. The molecule has 0 aliphatic carbocycles. The van der Waals surface area contributed by atoms with Crippen molar-refractivity contribution in [3.63, 3.8) is 0 Å². The quantitative estimate of drug-likeness (QED) is 0.566. The second kappa shape index (κ2) is 11.1. The second-order valence-electron chi connectivity index (χ2n) is 7.28. The van der Waals surface area contributed by atoms with Crippen LogP contribution in [0.1, 0.15) is 32.8 Å². The second-order valence-corrected chi connectivity index (χ2v) is 9.21. The number of aromatic nitrogens is 1.